The number of aromatic nitrogens is 5. The highest BCUT2D eigenvalue weighted by Gasteiger charge is 2.41. The van der Waals surface area contributed by atoms with Crippen molar-refractivity contribution in [1.29, 1.82) is 0 Å². The minimum absolute atomic E-state index is 0.0305. The Morgan fingerprint density at radius 2 is 0.725 bits per heavy atom. The van der Waals surface area contributed by atoms with Crippen LogP contribution in [0.3, 0.4) is 0 Å². The molecule has 2 atom stereocenters. The lowest BCUT2D eigenvalue weighted by atomic mass is 9.60. The van der Waals surface area contributed by atoms with Gasteiger partial charge in [-0.25, -0.2) is 24.9 Å². The molecule has 0 aliphatic heterocycles. The molecule has 6 nitrogen and oxygen atoms in total. The zero-order chi connectivity index (χ0) is 45.4. The van der Waals surface area contributed by atoms with Crippen LogP contribution in [0.5, 0.6) is 0 Å². The molecule has 0 spiro atoms. The second-order valence-electron chi connectivity index (χ2n) is 17.9. The van der Waals surface area contributed by atoms with Crippen molar-refractivity contribution in [3.05, 3.63) is 258 Å². The first-order valence-corrected chi connectivity index (χ1v) is 23.4. The Hall–Kier alpha value is -9.13. The van der Waals surface area contributed by atoms with Gasteiger partial charge in [0.1, 0.15) is 11.2 Å². The lowest BCUT2D eigenvalue weighted by molar-refractivity contribution is 0.670. The topological polar surface area (TPSA) is 77.6 Å². The van der Waals surface area contributed by atoms with Crippen LogP contribution in [0.2, 0.25) is 0 Å². The summed E-state index contributed by atoms with van der Waals surface area (Å²) in [5.41, 5.74) is 19.2. The lowest BCUT2D eigenvalue weighted by Crippen LogP contribution is -2.27. The Balaban J connectivity index is 0.904. The van der Waals surface area contributed by atoms with Gasteiger partial charge in [-0.05, 0) is 63.2 Å². The van der Waals surface area contributed by atoms with Gasteiger partial charge in [0, 0.05) is 61.6 Å². The first-order chi connectivity index (χ1) is 34.2. The fourth-order valence-electron chi connectivity index (χ4n) is 10.8. The molecule has 0 saturated carbocycles. The minimum Gasteiger partial charge on any atom is -0.455 e. The molecule has 69 heavy (non-hydrogen) atoms. The van der Waals surface area contributed by atoms with E-state index in [-0.39, 0.29) is 11.8 Å². The summed E-state index contributed by atoms with van der Waals surface area (Å²) in [7, 11) is 0. The van der Waals surface area contributed by atoms with Crippen molar-refractivity contribution in [2.45, 2.75) is 11.8 Å². The van der Waals surface area contributed by atoms with E-state index in [0.717, 1.165) is 77.8 Å². The third kappa shape index (κ3) is 6.45. The van der Waals surface area contributed by atoms with Crippen molar-refractivity contribution >= 4 is 21.9 Å². The Bertz CT molecular complexity index is 3920. The van der Waals surface area contributed by atoms with E-state index in [2.05, 4.69) is 158 Å². The highest BCUT2D eigenvalue weighted by Crippen LogP contribution is 2.57. The van der Waals surface area contributed by atoms with Crippen LogP contribution in [-0.2, 0) is 0 Å². The summed E-state index contributed by atoms with van der Waals surface area (Å²) >= 11 is 0. The Kier molecular flexibility index (Phi) is 8.92. The van der Waals surface area contributed by atoms with Gasteiger partial charge < -0.3 is 4.42 Å². The van der Waals surface area contributed by atoms with E-state index in [4.69, 9.17) is 29.3 Å². The number of furan rings is 1. The number of nitrogens with zero attached hydrogens (tertiary/aromatic N) is 5. The van der Waals surface area contributed by atoms with Gasteiger partial charge in [-0.15, -0.1) is 0 Å². The number of rotatable bonds is 7. The van der Waals surface area contributed by atoms with E-state index in [1.54, 1.807) is 0 Å². The standard InChI is InChI=1S/C63H39N5O/c1-4-17-38(18-5-1)60-64-54(37-55(65-60)44-24-11-10-23-43(44)50-28-16-29-51-45-25-14-15-30-56(45)69-59(50)51)41-31-33-48-52(35-41)57-46-26-12-13-27-47(46)58(48)53-36-42(32-34-49(53)57)63-67-61(39-19-6-2-7-20-39)66-62(68-63)40-21-8-3-9-22-40/h1-37,57-58H. The molecular formula is C63H39N5O. The fourth-order valence-corrected chi connectivity index (χ4v) is 10.8. The van der Waals surface area contributed by atoms with Crippen LogP contribution >= 0.6 is 0 Å². The molecule has 0 radical (unpaired) electrons. The largest absolute Gasteiger partial charge is 0.455 e. The van der Waals surface area contributed by atoms with Crippen molar-refractivity contribution in [3.63, 3.8) is 0 Å². The van der Waals surface area contributed by atoms with E-state index in [9.17, 15) is 0 Å². The Morgan fingerprint density at radius 1 is 0.275 bits per heavy atom. The van der Waals surface area contributed by atoms with E-state index in [1.807, 2.05) is 66.7 Å². The summed E-state index contributed by atoms with van der Waals surface area (Å²) in [5, 5.41) is 2.20. The predicted molar refractivity (Wildman–Crippen MR) is 276 cm³/mol. The highest BCUT2D eigenvalue weighted by atomic mass is 16.3. The van der Waals surface area contributed by atoms with Gasteiger partial charge in [0.25, 0.3) is 0 Å². The monoisotopic (exact) mass is 881 g/mol. The SMILES string of the molecule is c1ccc(-c2nc(-c3ccc4c(c3)C3c5ccccc5C4c4cc(-c5nc(-c6ccccc6)nc(-c6ccccc6)n5)ccc43)cc(-c3ccccc3-c3cccc4c3oc3ccccc34)n2)cc1. The maximum Gasteiger partial charge on any atom is 0.164 e. The molecule has 3 aliphatic rings. The van der Waals surface area contributed by atoms with Crippen molar-refractivity contribution in [1.82, 2.24) is 24.9 Å². The molecule has 0 fully saturated rings. The quantitative estimate of drug-likeness (QED) is 0.159. The van der Waals surface area contributed by atoms with Gasteiger partial charge in [0.2, 0.25) is 0 Å². The molecule has 2 unspecified atom stereocenters. The van der Waals surface area contributed by atoms with E-state index in [0.29, 0.717) is 23.3 Å². The highest BCUT2D eigenvalue weighted by molar-refractivity contribution is 6.10. The average Bonchev–Trinajstić information content (AvgIpc) is 3.82. The molecule has 3 aliphatic carbocycles. The van der Waals surface area contributed by atoms with Crippen LogP contribution in [0, 0.1) is 0 Å². The molecule has 0 amide bonds. The molecule has 3 aromatic heterocycles. The first-order valence-electron chi connectivity index (χ1n) is 23.4. The smallest absolute Gasteiger partial charge is 0.164 e. The molecule has 9 aromatic carbocycles. The summed E-state index contributed by atoms with van der Waals surface area (Å²) in [5.74, 6) is 2.69. The number of hydrogen-bond donors (Lipinski definition) is 0. The molecule has 6 heteroatoms. The first kappa shape index (κ1) is 39.1. The zero-order valence-electron chi connectivity index (χ0n) is 37.2. The average molecular weight is 882 g/mol. The molecule has 0 N–H and O–H groups in total. The Labute approximate surface area is 398 Å². The molecule has 3 heterocycles. The molecule has 2 bridgehead atoms. The van der Waals surface area contributed by atoms with Crippen molar-refractivity contribution in [3.8, 4) is 79.2 Å². The van der Waals surface area contributed by atoms with Crippen molar-refractivity contribution in [2.75, 3.05) is 0 Å². The maximum absolute atomic E-state index is 6.57. The van der Waals surface area contributed by atoms with Gasteiger partial charge in [0.15, 0.2) is 23.3 Å². The maximum atomic E-state index is 6.57. The summed E-state index contributed by atoms with van der Waals surface area (Å²) in [6, 6.07) is 78.6. The molecular weight excluding hydrogens is 843 g/mol. The normalized spacial score (nSPS) is 14.4. The summed E-state index contributed by atoms with van der Waals surface area (Å²) in [4.78, 5) is 25.8. The van der Waals surface area contributed by atoms with Crippen molar-refractivity contribution in [2.24, 2.45) is 0 Å². The van der Waals surface area contributed by atoms with Gasteiger partial charge in [-0.2, -0.15) is 0 Å². The van der Waals surface area contributed by atoms with Crippen LogP contribution in [0.4, 0.5) is 0 Å². The molecule has 0 saturated heterocycles. The van der Waals surface area contributed by atoms with Crippen LogP contribution in [0.1, 0.15) is 45.2 Å². The summed E-state index contributed by atoms with van der Waals surface area (Å²) in [6.07, 6.45) is 0. The molecule has 322 valence electrons. The molecule has 12 aromatic rings. The van der Waals surface area contributed by atoms with Gasteiger partial charge in [-0.3, -0.25) is 0 Å². The van der Waals surface area contributed by atoms with Gasteiger partial charge in [0.05, 0.1) is 11.4 Å². The third-order valence-corrected chi connectivity index (χ3v) is 13.9. The van der Waals surface area contributed by atoms with Gasteiger partial charge in [-0.1, -0.05) is 200 Å². The zero-order valence-corrected chi connectivity index (χ0v) is 37.2. The summed E-state index contributed by atoms with van der Waals surface area (Å²) in [6.45, 7) is 0. The number of hydrogen-bond acceptors (Lipinski definition) is 6. The predicted octanol–water partition coefficient (Wildman–Crippen LogP) is 15.2. The third-order valence-electron chi connectivity index (χ3n) is 13.9. The van der Waals surface area contributed by atoms with Gasteiger partial charge >= 0.3 is 0 Å². The second kappa shape index (κ2) is 15.8. The minimum atomic E-state index is 0.0305. The second-order valence-corrected chi connectivity index (χ2v) is 17.9. The van der Waals surface area contributed by atoms with Crippen LogP contribution < -0.4 is 0 Å². The van der Waals surface area contributed by atoms with Crippen molar-refractivity contribution < 1.29 is 4.42 Å². The Morgan fingerprint density at radius 3 is 1.36 bits per heavy atom. The number of benzene rings is 9. The van der Waals surface area contributed by atoms with Crippen LogP contribution in [-0.4, -0.2) is 24.9 Å². The molecule has 15 rings (SSSR count). The number of para-hydroxylation sites is 2. The van der Waals surface area contributed by atoms with Crippen LogP contribution in [0.15, 0.2) is 229 Å². The van der Waals surface area contributed by atoms with Crippen LogP contribution in [0.25, 0.3) is 101 Å². The van der Waals surface area contributed by atoms with E-state index >= 15 is 0 Å². The fraction of sp³-hybridized carbons (Fsp3) is 0.0317. The van der Waals surface area contributed by atoms with E-state index < -0.39 is 0 Å². The number of fused-ring (bicyclic) bond motifs is 3. The lowest BCUT2D eigenvalue weighted by Gasteiger charge is -2.42. The summed E-state index contributed by atoms with van der Waals surface area (Å²) < 4.78 is 6.57. The van der Waals surface area contributed by atoms with E-state index in [1.165, 1.54) is 33.4 Å².